The maximum absolute atomic E-state index is 12.4. The van der Waals surface area contributed by atoms with Crippen LogP contribution in [0.5, 0.6) is 0 Å². The van der Waals surface area contributed by atoms with Crippen molar-refractivity contribution in [2.45, 2.75) is 26.2 Å². The van der Waals surface area contributed by atoms with Crippen molar-refractivity contribution in [3.8, 4) is 10.6 Å². The Balaban J connectivity index is 1.23. The summed E-state index contributed by atoms with van der Waals surface area (Å²) < 4.78 is 1.17. The normalized spacial score (nSPS) is 13.8. The maximum atomic E-state index is 12.4. The van der Waals surface area contributed by atoms with Gasteiger partial charge in [0, 0.05) is 29.6 Å². The van der Waals surface area contributed by atoms with E-state index in [1.165, 1.54) is 21.6 Å². The highest BCUT2D eigenvalue weighted by atomic mass is 32.1. The Hall–Kier alpha value is -3.10. The number of rotatable bonds is 5. The first-order valence-corrected chi connectivity index (χ1v) is 11.8. The Morgan fingerprint density at radius 1 is 1.16 bits per heavy atom. The van der Waals surface area contributed by atoms with Gasteiger partial charge in [-0.25, -0.2) is 9.97 Å². The topological polar surface area (TPSA) is 75.2 Å². The lowest BCUT2D eigenvalue weighted by molar-refractivity contribution is -0.117. The predicted molar refractivity (Wildman–Crippen MR) is 126 cm³/mol. The van der Waals surface area contributed by atoms with E-state index in [4.69, 9.17) is 4.98 Å². The van der Waals surface area contributed by atoms with Gasteiger partial charge >= 0.3 is 0 Å². The van der Waals surface area contributed by atoms with E-state index in [-0.39, 0.29) is 18.2 Å². The van der Waals surface area contributed by atoms with Crippen LogP contribution in [0.4, 0.5) is 10.8 Å². The monoisotopic (exact) mass is 448 g/mol. The standard InChI is InChI=1S/C23H20N4O2S2/c1-14-4-9-18-19(11-14)31-22(26-18)15-5-7-16(8-6-15)24-20(28)12-17-13-30-23(25-17)27-10-2-3-21(27)29/h4-9,11,13H,2-3,10,12H2,1H3,(H,24,28). The molecule has 1 N–H and O–H groups in total. The predicted octanol–water partition coefficient (Wildman–Crippen LogP) is 5.04. The van der Waals surface area contributed by atoms with Crippen LogP contribution in [0.2, 0.25) is 0 Å². The Kier molecular flexibility index (Phi) is 5.25. The third-order valence-corrected chi connectivity index (χ3v) is 7.12. The molecule has 0 bridgehead atoms. The number of carbonyl (C=O) groups is 2. The van der Waals surface area contributed by atoms with Crippen molar-refractivity contribution >= 4 is 55.5 Å². The zero-order valence-corrected chi connectivity index (χ0v) is 18.6. The highest BCUT2D eigenvalue weighted by molar-refractivity contribution is 7.21. The lowest BCUT2D eigenvalue weighted by Crippen LogP contribution is -2.23. The van der Waals surface area contributed by atoms with Gasteiger partial charge in [-0.15, -0.1) is 22.7 Å². The van der Waals surface area contributed by atoms with Crippen molar-refractivity contribution in [3.63, 3.8) is 0 Å². The van der Waals surface area contributed by atoms with Crippen LogP contribution in [0.25, 0.3) is 20.8 Å². The Morgan fingerprint density at radius 2 is 2.00 bits per heavy atom. The van der Waals surface area contributed by atoms with E-state index in [1.807, 2.05) is 35.7 Å². The van der Waals surface area contributed by atoms with Crippen molar-refractivity contribution in [1.29, 1.82) is 0 Å². The molecule has 2 aromatic heterocycles. The fourth-order valence-electron chi connectivity index (χ4n) is 3.57. The van der Waals surface area contributed by atoms with E-state index in [0.29, 0.717) is 23.8 Å². The summed E-state index contributed by atoms with van der Waals surface area (Å²) in [6.45, 7) is 2.78. The number of amides is 2. The van der Waals surface area contributed by atoms with Crippen molar-refractivity contribution in [2.75, 3.05) is 16.8 Å². The molecule has 4 aromatic rings. The zero-order valence-electron chi connectivity index (χ0n) is 16.9. The molecule has 2 aromatic carbocycles. The van der Waals surface area contributed by atoms with Gasteiger partial charge in [0.1, 0.15) is 5.01 Å². The van der Waals surface area contributed by atoms with E-state index in [2.05, 4.69) is 29.4 Å². The summed E-state index contributed by atoms with van der Waals surface area (Å²) in [7, 11) is 0. The van der Waals surface area contributed by atoms with Crippen LogP contribution in [-0.2, 0) is 16.0 Å². The highest BCUT2D eigenvalue weighted by Gasteiger charge is 2.24. The van der Waals surface area contributed by atoms with Crippen molar-refractivity contribution in [3.05, 3.63) is 59.1 Å². The number of carbonyl (C=O) groups excluding carboxylic acids is 2. The van der Waals surface area contributed by atoms with Gasteiger partial charge in [0.15, 0.2) is 5.13 Å². The number of nitrogens with zero attached hydrogens (tertiary/aromatic N) is 3. The summed E-state index contributed by atoms with van der Waals surface area (Å²) in [6.07, 6.45) is 1.61. The summed E-state index contributed by atoms with van der Waals surface area (Å²) >= 11 is 3.07. The molecular weight excluding hydrogens is 428 g/mol. The molecule has 8 heteroatoms. The van der Waals surface area contributed by atoms with Gasteiger partial charge in [-0.2, -0.15) is 0 Å². The van der Waals surface area contributed by atoms with Crippen LogP contribution in [0.1, 0.15) is 24.1 Å². The first kappa shape index (κ1) is 19.8. The van der Waals surface area contributed by atoms with Gasteiger partial charge < -0.3 is 5.32 Å². The van der Waals surface area contributed by atoms with E-state index in [1.54, 1.807) is 16.2 Å². The second-order valence-electron chi connectivity index (χ2n) is 7.56. The van der Waals surface area contributed by atoms with Crippen LogP contribution in [-0.4, -0.2) is 28.3 Å². The summed E-state index contributed by atoms with van der Waals surface area (Å²) in [4.78, 5) is 35.2. The first-order chi connectivity index (χ1) is 15.0. The third kappa shape index (κ3) is 4.22. The molecule has 0 spiro atoms. The first-order valence-electron chi connectivity index (χ1n) is 10.1. The van der Waals surface area contributed by atoms with Crippen LogP contribution in [0.3, 0.4) is 0 Å². The highest BCUT2D eigenvalue weighted by Crippen LogP contribution is 2.31. The average Bonchev–Trinajstić information content (AvgIpc) is 3.47. The second-order valence-corrected chi connectivity index (χ2v) is 9.43. The van der Waals surface area contributed by atoms with Gasteiger partial charge in [0.2, 0.25) is 11.8 Å². The third-order valence-electron chi connectivity index (χ3n) is 5.15. The molecule has 2 amide bonds. The van der Waals surface area contributed by atoms with Crippen LogP contribution < -0.4 is 10.2 Å². The molecule has 31 heavy (non-hydrogen) atoms. The van der Waals surface area contributed by atoms with E-state index in [9.17, 15) is 9.59 Å². The number of hydrogen-bond donors (Lipinski definition) is 1. The minimum atomic E-state index is -0.132. The summed E-state index contributed by atoms with van der Waals surface area (Å²) in [6, 6.07) is 14.0. The van der Waals surface area contributed by atoms with Gasteiger partial charge in [-0.05, 0) is 55.3 Å². The number of benzene rings is 2. The fraction of sp³-hybridized carbons (Fsp3) is 0.217. The number of anilines is 2. The van der Waals surface area contributed by atoms with E-state index in [0.717, 1.165) is 28.2 Å². The molecule has 1 aliphatic heterocycles. The summed E-state index contributed by atoms with van der Waals surface area (Å²) in [5.74, 6) is -0.0264. The number of aryl methyl sites for hydroxylation is 1. The Bertz CT molecular complexity index is 1280. The molecule has 156 valence electrons. The SMILES string of the molecule is Cc1ccc2nc(-c3ccc(NC(=O)Cc4csc(N5CCCC5=O)n4)cc3)sc2c1. The molecule has 3 heterocycles. The number of fused-ring (bicyclic) bond motifs is 1. The molecule has 0 aliphatic carbocycles. The minimum Gasteiger partial charge on any atom is -0.326 e. The number of aromatic nitrogens is 2. The smallest absolute Gasteiger partial charge is 0.230 e. The number of hydrogen-bond acceptors (Lipinski definition) is 6. The summed E-state index contributed by atoms with van der Waals surface area (Å²) in [5, 5.41) is 6.41. The number of nitrogens with one attached hydrogen (secondary N) is 1. The number of thiazole rings is 2. The van der Waals surface area contributed by atoms with Gasteiger partial charge in [0.05, 0.1) is 22.3 Å². The molecule has 6 nitrogen and oxygen atoms in total. The Morgan fingerprint density at radius 3 is 2.77 bits per heavy atom. The molecule has 5 rings (SSSR count). The lowest BCUT2D eigenvalue weighted by atomic mass is 10.2. The molecular formula is C23H20N4O2S2. The molecule has 1 saturated heterocycles. The molecule has 0 atom stereocenters. The van der Waals surface area contributed by atoms with E-state index < -0.39 is 0 Å². The molecule has 0 unspecified atom stereocenters. The largest absolute Gasteiger partial charge is 0.326 e. The van der Waals surface area contributed by atoms with Gasteiger partial charge in [0.25, 0.3) is 0 Å². The second kappa shape index (κ2) is 8.20. The van der Waals surface area contributed by atoms with Crippen LogP contribution in [0.15, 0.2) is 47.8 Å². The average molecular weight is 449 g/mol. The molecule has 1 aliphatic rings. The van der Waals surface area contributed by atoms with Crippen LogP contribution in [0, 0.1) is 6.92 Å². The van der Waals surface area contributed by atoms with Gasteiger partial charge in [-0.3, -0.25) is 14.5 Å². The lowest BCUT2D eigenvalue weighted by Gasteiger charge is -2.10. The summed E-state index contributed by atoms with van der Waals surface area (Å²) in [5.41, 5.74) is 4.66. The molecule has 0 radical (unpaired) electrons. The fourth-order valence-corrected chi connectivity index (χ4v) is 5.51. The van der Waals surface area contributed by atoms with Crippen molar-refractivity contribution in [1.82, 2.24) is 9.97 Å². The zero-order chi connectivity index (χ0) is 21.4. The van der Waals surface area contributed by atoms with Crippen molar-refractivity contribution in [2.24, 2.45) is 0 Å². The van der Waals surface area contributed by atoms with Crippen LogP contribution >= 0.6 is 22.7 Å². The Labute approximate surface area is 187 Å². The van der Waals surface area contributed by atoms with Gasteiger partial charge in [-0.1, -0.05) is 6.07 Å². The quantitative estimate of drug-likeness (QED) is 0.464. The minimum absolute atomic E-state index is 0.105. The van der Waals surface area contributed by atoms with E-state index >= 15 is 0 Å². The molecule has 1 fully saturated rings. The molecule has 0 saturated carbocycles. The van der Waals surface area contributed by atoms with Crippen molar-refractivity contribution < 1.29 is 9.59 Å². The maximum Gasteiger partial charge on any atom is 0.230 e.